The van der Waals surface area contributed by atoms with Crippen molar-refractivity contribution in [2.75, 3.05) is 13.2 Å². The van der Waals surface area contributed by atoms with Crippen LogP contribution in [0.3, 0.4) is 0 Å². The molecule has 3 N–H and O–H groups in total. The highest BCUT2D eigenvalue weighted by atomic mass is 127. The molecule has 1 unspecified atom stereocenters. The molecular formula is C12H20IN5O2. The zero-order chi connectivity index (χ0) is 13.1. The lowest BCUT2D eigenvalue weighted by molar-refractivity contribution is 0.114. The summed E-state index contributed by atoms with van der Waals surface area (Å²) in [4.78, 5) is 8.48. The molecule has 0 bridgehead atoms. The van der Waals surface area contributed by atoms with E-state index < -0.39 is 0 Å². The lowest BCUT2D eigenvalue weighted by Gasteiger charge is -2.10. The Kier molecular flexibility index (Phi) is 5.58. The second-order valence-corrected chi connectivity index (χ2v) is 5.04. The zero-order valence-electron chi connectivity index (χ0n) is 11.2. The number of ether oxygens (including phenoxy) is 1. The van der Waals surface area contributed by atoms with Gasteiger partial charge in [0.2, 0.25) is 5.89 Å². The van der Waals surface area contributed by atoms with Crippen molar-refractivity contribution >= 4 is 29.9 Å². The fourth-order valence-electron chi connectivity index (χ4n) is 2.06. The highest BCUT2D eigenvalue weighted by Crippen LogP contribution is 2.38. The minimum Gasteiger partial charge on any atom is -0.376 e. The molecule has 1 aromatic rings. The number of hydrogen-bond acceptors (Lipinski definition) is 5. The molecule has 1 atom stereocenters. The molecule has 0 amide bonds. The molecular weight excluding hydrogens is 373 g/mol. The fourth-order valence-corrected chi connectivity index (χ4v) is 2.06. The third-order valence-electron chi connectivity index (χ3n) is 3.34. The topological polar surface area (TPSA) is 98.6 Å². The molecule has 2 fully saturated rings. The first-order chi connectivity index (χ1) is 9.31. The van der Waals surface area contributed by atoms with Crippen molar-refractivity contribution < 1.29 is 9.26 Å². The molecule has 1 saturated heterocycles. The summed E-state index contributed by atoms with van der Waals surface area (Å²) in [6.07, 6.45) is 4.75. The third-order valence-corrected chi connectivity index (χ3v) is 3.34. The molecule has 7 nitrogen and oxygen atoms in total. The molecule has 8 heteroatoms. The van der Waals surface area contributed by atoms with Gasteiger partial charge in [-0.2, -0.15) is 4.98 Å². The van der Waals surface area contributed by atoms with E-state index in [1.54, 1.807) is 0 Å². The van der Waals surface area contributed by atoms with Crippen LogP contribution in [0.15, 0.2) is 9.52 Å². The van der Waals surface area contributed by atoms with Crippen LogP contribution in [0.5, 0.6) is 0 Å². The largest absolute Gasteiger partial charge is 0.376 e. The maximum atomic E-state index is 5.78. The van der Waals surface area contributed by atoms with E-state index in [1.165, 1.54) is 0 Å². The van der Waals surface area contributed by atoms with Crippen LogP contribution in [-0.2, 0) is 11.3 Å². The van der Waals surface area contributed by atoms with Gasteiger partial charge in [-0.15, -0.1) is 24.0 Å². The maximum absolute atomic E-state index is 5.78. The Labute approximate surface area is 134 Å². The molecule has 2 aliphatic rings. The van der Waals surface area contributed by atoms with E-state index in [0.717, 1.165) is 38.2 Å². The van der Waals surface area contributed by atoms with E-state index in [4.69, 9.17) is 15.0 Å². The first kappa shape index (κ1) is 15.5. The van der Waals surface area contributed by atoms with Crippen LogP contribution in [0.2, 0.25) is 0 Å². The molecule has 0 aromatic carbocycles. The predicted octanol–water partition coefficient (Wildman–Crippen LogP) is 1.15. The average molecular weight is 393 g/mol. The number of nitrogens with zero attached hydrogens (tertiary/aromatic N) is 3. The van der Waals surface area contributed by atoms with Crippen LogP contribution in [-0.4, -0.2) is 35.4 Å². The number of guanidine groups is 1. The van der Waals surface area contributed by atoms with Crippen LogP contribution in [0.1, 0.15) is 43.3 Å². The Hall–Kier alpha value is -0.900. The standard InChI is InChI=1S/C12H19N5O2.HI/c13-12(14-6-9-2-1-5-18-9)15-7-10-16-11(19-17-10)8-3-4-8;/h8-9H,1-7H2,(H3,13,14,15);1H. The summed E-state index contributed by atoms with van der Waals surface area (Å²) in [7, 11) is 0. The number of rotatable bonds is 5. The quantitative estimate of drug-likeness (QED) is 0.443. The zero-order valence-corrected chi connectivity index (χ0v) is 13.6. The van der Waals surface area contributed by atoms with Crippen molar-refractivity contribution in [1.82, 2.24) is 15.5 Å². The van der Waals surface area contributed by atoms with Crippen LogP contribution in [0.4, 0.5) is 0 Å². The van der Waals surface area contributed by atoms with Crippen molar-refractivity contribution in [2.45, 2.75) is 44.2 Å². The number of aromatic nitrogens is 2. The Morgan fingerprint density at radius 2 is 2.25 bits per heavy atom. The lowest BCUT2D eigenvalue weighted by Crippen LogP contribution is -2.37. The summed E-state index contributed by atoms with van der Waals surface area (Å²) in [5.41, 5.74) is 5.78. The van der Waals surface area contributed by atoms with Gasteiger partial charge in [0.15, 0.2) is 11.8 Å². The first-order valence-corrected chi connectivity index (χ1v) is 6.79. The Morgan fingerprint density at radius 1 is 1.40 bits per heavy atom. The van der Waals surface area contributed by atoms with E-state index in [0.29, 0.717) is 30.8 Å². The van der Waals surface area contributed by atoms with Gasteiger partial charge in [0.05, 0.1) is 6.10 Å². The van der Waals surface area contributed by atoms with Crippen molar-refractivity contribution in [3.8, 4) is 0 Å². The summed E-state index contributed by atoms with van der Waals surface area (Å²) in [6.45, 7) is 1.89. The smallest absolute Gasteiger partial charge is 0.229 e. The molecule has 2 heterocycles. The number of nitrogens with one attached hydrogen (secondary N) is 1. The highest BCUT2D eigenvalue weighted by Gasteiger charge is 2.29. The van der Waals surface area contributed by atoms with Gasteiger partial charge >= 0.3 is 0 Å². The first-order valence-electron chi connectivity index (χ1n) is 6.79. The number of halogens is 1. The van der Waals surface area contributed by atoms with Crippen LogP contribution >= 0.6 is 24.0 Å². The lowest BCUT2D eigenvalue weighted by atomic mass is 10.2. The van der Waals surface area contributed by atoms with Crippen LogP contribution < -0.4 is 11.1 Å². The van der Waals surface area contributed by atoms with Crippen molar-refractivity contribution in [1.29, 1.82) is 0 Å². The molecule has 0 radical (unpaired) electrons. The summed E-state index contributed by atoms with van der Waals surface area (Å²) in [6, 6.07) is 0. The number of aliphatic imine (C=N–C) groups is 1. The molecule has 0 spiro atoms. The Bertz CT molecular complexity index is 454. The summed E-state index contributed by atoms with van der Waals surface area (Å²) >= 11 is 0. The number of nitrogens with two attached hydrogens (primary N) is 1. The van der Waals surface area contributed by atoms with Gasteiger partial charge in [-0.05, 0) is 25.7 Å². The minimum atomic E-state index is 0. The third kappa shape index (κ3) is 4.30. The summed E-state index contributed by atoms with van der Waals surface area (Å²) < 4.78 is 10.6. The van der Waals surface area contributed by atoms with Crippen molar-refractivity contribution in [3.63, 3.8) is 0 Å². The average Bonchev–Trinajstić information content (AvgIpc) is 2.95. The van der Waals surface area contributed by atoms with Crippen LogP contribution in [0.25, 0.3) is 0 Å². The molecule has 3 rings (SSSR count). The van der Waals surface area contributed by atoms with Gasteiger partial charge in [0, 0.05) is 19.1 Å². The van der Waals surface area contributed by atoms with E-state index in [1.807, 2.05) is 0 Å². The second-order valence-electron chi connectivity index (χ2n) is 5.04. The molecule has 1 saturated carbocycles. The molecule has 1 aliphatic heterocycles. The highest BCUT2D eigenvalue weighted by molar-refractivity contribution is 14.0. The summed E-state index contributed by atoms with van der Waals surface area (Å²) in [5, 5.41) is 6.94. The summed E-state index contributed by atoms with van der Waals surface area (Å²) in [5.74, 6) is 2.19. The maximum Gasteiger partial charge on any atom is 0.229 e. The number of hydrogen-bond donors (Lipinski definition) is 2. The van der Waals surface area contributed by atoms with Gasteiger partial charge < -0.3 is 20.3 Å². The molecule has 1 aliphatic carbocycles. The van der Waals surface area contributed by atoms with Gasteiger partial charge in [-0.1, -0.05) is 5.16 Å². The molecule has 112 valence electrons. The predicted molar refractivity (Wildman–Crippen MR) is 84.0 cm³/mol. The van der Waals surface area contributed by atoms with E-state index >= 15 is 0 Å². The van der Waals surface area contributed by atoms with Crippen molar-refractivity contribution in [2.24, 2.45) is 10.7 Å². The van der Waals surface area contributed by atoms with E-state index in [2.05, 4.69) is 20.4 Å². The molecule has 20 heavy (non-hydrogen) atoms. The second kappa shape index (κ2) is 7.21. The Balaban J connectivity index is 0.00000147. The van der Waals surface area contributed by atoms with E-state index in [9.17, 15) is 0 Å². The Morgan fingerprint density at radius 3 is 2.95 bits per heavy atom. The SMILES string of the molecule is I.NC(=NCc1noc(C2CC2)n1)NCC1CCCO1. The monoisotopic (exact) mass is 393 g/mol. The van der Waals surface area contributed by atoms with Crippen molar-refractivity contribution in [3.05, 3.63) is 11.7 Å². The minimum absolute atomic E-state index is 0. The van der Waals surface area contributed by atoms with Crippen LogP contribution in [0, 0.1) is 0 Å². The normalized spacial score (nSPS) is 22.6. The van der Waals surface area contributed by atoms with Gasteiger partial charge in [-0.3, -0.25) is 0 Å². The van der Waals surface area contributed by atoms with Gasteiger partial charge in [-0.25, -0.2) is 4.99 Å². The fraction of sp³-hybridized carbons (Fsp3) is 0.750. The van der Waals surface area contributed by atoms with Gasteiger partial charge in [0.1, 0.15) is 6.54 Å². The van der Waals surface area contributed by atoms with Gasteiger partial charge in [0.25, 0.3) is 0 Å². The van der Waals surface area contributed by atoms with E-state index in [-0.39, 0.29) is 30.1 Å². The molecule has 1 aromatic heterocycles.